The number of nitrogens with zero attached hydrogens (tertiary/aromatic N) is 1. The number of benzene rings is 1. The molecule has 1 aromatic carbocycles. The molecule has 0 spiro atoms. The molecule has 2 rings (SSSR count). The fraction of sp³-hybridized carbons (Fsp3) is 0.533. The van der Waals surface area contributed by atoms with E-state index in [4.69, 9.17) is 5.11 Å². The van der Waals surface area contributed by atoms with E-state index in [-0.39, 0.29) is 12.5 Å². The van der Waals surface area contributed by atoms with Crippen LogP contribution in [0.3, 0.4) is 0 Å². The molecule has 19 heavy (non-hydrogen) atoms. The zero-order valence-electron chi connectivity index (χ0n) is 11.4. The molecule has 0 aromatic heterocycles. The SMILES string of the molecule is CNc1ccc(C(=O)N(CCCO)C2CCC2)cc1. The highest BCUT2D eigenvalue weighted by Crippen LogP contribution is 2.26. The molecular weight excluding hydrogens is 240 g/mol. The summed E-state index contributed by atoms with van der Waals surface area (Å²) in [5.74, 6) is 0.0841. The number of aliphatic hydroxyl groups is 1. The average Bonchev–Trinajstić information content (AvgIpc) is 2.40. The third kappa shape index (κ3) is 3.26. The summed E-state index contributed by atoms with van der Waals surface area (Å²) in [7, 11) is 1.86. The van der Waals surface area contributed by atoms with E-state index in [1.54, 1.807) is 0 Å². The van der Waals surface area contributed by atoms with Gasteiger partial charge in [0.25, 0.3) is 5.91 Å². The molecule has 1 aromatic rings. The molecule has 0 heterocycles. The van der Waals surface area contributed by atoms with Crippen molar-refractivity contribution in [1.29, 1.82) is 0 Å². The van der Waals surface area contributed by atoms with E-state index >= 15 is 0 Å². The minimum Gasteiger partial charge on any atom is -0.396 e. The van der Waals surface area contributed by atoms with Crippen molar-refractivity contribution in [3.8, 4) is 0 Å². The van der Waals surface area contributed by atoms with Crippen LogP contribution in [-0.4, -0.2) is 42.2 Å². The molecule has 0 atom stereocenters. The van der Waals surface area contributed by atoms with E-state index in [0.717, 1.165) is 24.1 Å². The first-order valence-corrected chi connectivity index (χ1v) is 6.96. The van der Waals surface area contributed by atoms with Crippen LogP contribution in [0.5, 0.6) is 0 Å². The van der Waals surface area contributed by atoms with Crippen LogP contribution in [0.4, 0.5) is 5.69 Å². The van der Waals surface area contributed by atoms with E-state index in [1.807, 2.05) is 36.2 Å². The van der Waals surface area contributed by atoms with Crippen LogP contribution in [0.25, 0.3) is 0 Å². The van der Waals surface area contributed by atoms with Crippen LogP contribution in [0.1, 0.15) is 36.0 Å². The van der Waals surface area contributed by atoms with Gasteiger partial charge >= 0.3 is 0 Å². The lowest BCUT2D eigenvalue weighted by Gasteiger charge is -2.37. The molecule has 0 saturated heterocycles. The highest BCUT2D eigenvalue weighted by molar-refractivity contribution is 5.94. The average molecular weight is 262 g/mol. The second kappa shape index (κ2) is 6.57. The van der Waals surface area contributed by atoms with Gasteiger partial charge in [0, 0.05) is 37.5 Å². The summed E-state index contributed by atoms with van der Waals surface area (Å²) in [5.41, 5.74) is 1.73. The molecule has 0 radical (unpaired) electrons. The van der Waals surface area contributed by atoms with Crippen molar-refractivity contribution in [3.63, 3.8) is 0 Å². The lowest BCUT2D eigenvalue weighted by Crippen LogP contribution is -2.44. The van der Waals surface area contributed by atoms with Gasteiger partial charge in [-0.3, -0.25) is 4.79 Å². The van der Waals surface area contributed by atoms with Gasteiger partial charge in [0.1, 0.15) is 0 Å². The van der Waals surface area contributed by atoms with Crippen molar-refractivity contribution in [2.45, 2.75) is 31.7 Å². The maximum atomic E-state index is 12.5. The van der Waals surface area contributed by atoms with Crippen LogP contribution in [-0.2, 0) is 0 Å². The Balaban J connectivity index is 2.08. The monoisotopic (exact) mass is 262 g/mol. The molecule has 0 unspecified atom stereocenters. The van der Waals surface area contributed by atoms with Gasteiger partial charge < -0.3 is 15.3 Å². The number of carbonyl (C=O) groups is 1. The summed E-state index contributed by atoms with van der Waals surface area (Å²) in [4.78, 5) is 14.4. The Bertz CT molecular complexity index is 413. The standard InChI is InChI=1S/C15H22N2O2/c1-16-13-8-6-12(7-9-13)15(19)17(10-3-11-18)14-4-2-5-14/h6-9,14,16,18H,2-5,10-11H2,1H3. The van der Waals surface area contributed by atoms with E-state index in [0.29, 0.717) is 19.0 Å². The van der Waals surface area contributed by atoms with Crippen molar-refractivity contribution < 1.29 is 9.90 Å². The van der Waals surface area contributed by atoms with Gasteiger partial charge in [-0.2, -0.15) is 0 Å². The van der Waals surface area contributed by atoms with Gasteiger partial charge in [0.2, 0.25) is 0 Å². The molecule has 1 fully saturated rings. The van der Waals surface area contributed by atoms with Crippen molar-refractivity contribution in [2.75, 3.05) is 25.5 Å². The van der Waals surface area contributed by atoms with E-state index < -0.39 is 0 Å². The molecule has 1 aliphatic rings. The number of rotatable bonds is 6. The number of nitrogens with one attached hydrogen (secondary N) is 1. The Kier molecular flexibility index (Phi) is 4.80. The number of amides is 1. The smallest absolute Gasteiger partial charge is 0.254 e. The van der Waals surface area contributed by atoms with Gasteiger partial charge in [-0.05, 0) is 49.9 Å². The minimum absolute atomic E-state index is 0.0841. The van der Waals surface area contributed by atoms with Crippen LogP contribution >= 0.6 is 0 Å². The lowest BCUT2D eigenvalue weighted by atomic mass is 9.90. The molecule has 0 bridgehead atoms. The molecule has 1 saturated carbocycles. The molecule has 4 heteroatoms. The normalized spacial score (nSPS) is 14.8. The Hall–Kier alpha value is -1.55. The summed E-state index contributed by atoms with van der Waals surface area (Å²) < 4.78 is 0. The van der Waals surface area contributed by atoms with Gasteiger partial charge in [-0.25, -0.2) is 0 Å². The van der Waals surface area contributed by atoms with Crippen molar-refractivity contribution >= 4 is 11.6 Å². The zero-order chi connectivity index (χ0) is 13.7. The van der Waals surface area contributed by atoms with Crippen molar-refractivity contribution in [2.24, 2.45) is 0 Å². The fourth-order valence-corrected chi connectivity index (χ4v) is 2.33. The minimum atomic E-state index is 0.0841. The number of hydrogen-bond donors (Lipinski definition) is 2. The molecule has 2 N–H and O–H groups in total. The first-order chi connectivity index (χ1) is 9.26. The van der Waals surface area contributed by atoms with Crippen LogP contribution in [0.15, 0.2) is 24.3 Å². The van der Waals surface area contributed by atoms with Crippen molar-refractivity contribution in [1.82, 2.24) is 4.90 Å². The number of aliphatic hydroxyl groups excluding tert-OH is 1. The Morgan fingerprint density at radius 2 is 2.05 bits per heavy atom. The highest BCUT2D eigenvalue weighted by Gasteiger charge is 2.28. The number of hydrogen-bond acceptors (Lipinski definition) is 3. The fourth-order valence-electron chi connectivity index (χ4n) is 2.33. The Morgan fingerprint density at radius 3 is 2.53 bits per heavy atom. The van der Waals surface area contributed by atoms with E-state index in [1.165, 1.54) is 6.42 Å². The molecule has 0 aliphatic heterocycles. The van der Waals surface area contributed by atoms with Crippen LogP contribution < -0.4 is 5.32 Å². The van der Waals surface area contributed by atoms with Crippen molar-refractivity contribution in [3.05, 3.63) is 29.8 Å². The van der Waals surface area contributed by atoms with Crippen LogP contribution in [0, 0.1) is 0 Å². The number of carbonyl (C=O) groups excluding carboxylic acids is 1. The first-order valence-electron chi connectivity index (χ1n) is 6.96. The number of anilines is 1. The second-order valence-electron chi connectivity index (χ2n) is 4.99. The lowest BCUT2D eigenvalue weighted by molar-refractivity contribution is 0.0562. The van der Waals surface area contributed by atoms with E-state index in [2.05, 4.69) is 5.32 Å². The summed E-state index contributed by atoms with van der Waals surface area (Å²) in [6, 6.07) is 7.91. The molecule has 104 valence electrons. The summed E-state index contributed by atoms with van der Waals surface area (Å²) in [6.07, 6.45) is 4.03. The van der Waals surface area contributed by atoms with E-state index in [9.17, 15) is 4.79 Å². The Morgan fingerprint density at radius 1 is 1.37 bits per heavy atom. The maximum absolute atomic E-state index is 12.5. The van der Waals surface area contributed by atoms with Gasteiger partial charge in [0.05, 0.1) is 0 Å². The predicted octanol–water partition coefficient (Wildman–Crippen LogP) is 2.11. The first kappa shape index (κ1) is 13.9. The van der Waals surface area contributed by atoms with Gasteiger partial charge in [0.15, 0.2) is 0 Å². The third-order valence-electron chi connectivity index (χ3n) is 3.75. The Labute approximate surface area is 114 Å². The zero-order valence-corrected chi connectivity index (χ0v) is 11.4. The summed E-state index contributed by atoms with van der Waals surface area (Å²) in [6.45, 7) is 0.781. The van der Waals surface area contributed by atoms with Gasteiger partial charge in [-0.1, -0.05) is 0 Å². The predicted molar refractivity (Wildman–Crippen MR) is 76.4 cm³/mol. The second-order valence-corrected chi connectivity index (χ2v) is 4.99. The molecule has 1 amide bonds. The van der Waals surface area contributed by atoms with Gasteiger partial charge in [-0.15, -0.1) is 0 Å². The highest BCUT2D eigenvalue weighted by atomic mass is 16.3. The topological polar surface area (TPSA) is 52.6 Å². The maximum Gasteiger partial charge on any atom is 0.254 e. The largest absolute Gasteiger partial charge is 0.396 e. The molecule has 4 nitrogen and oxygen atoms in total. The summed E-state index contributed by atoms with van der Waals surface area (Å²) in [5, 5.41) is 12.0. The molecular formula is C15H22N2O2. The third-order valence-corrected chi connectivity index (χ3v) is 3.75. The molecule has 1 aliphatic carbocycles. The summed E-state index contributed by atoms with van der Waals surface area (Å²) >= 11 is 0. The van der Waals surface area contributed by atoms with Crippen LogP contribution in [0.2, 0.25) is 0 Å². The quantitative estimate of drug-likeness (QED) is 0.825.